The van der Waals surface area contributed by atoms with Crippen LogP contribution < -0.4 is 11.1 Å². The Hall–Kier alpha value is -3.21. The molecular weight excluding hydrogens is 434 g/mol. The number of likely N-dealkylation sites (tertiary alicyclic amines) is 1. The molecule has 1 saturated heterocycles. The third-order valence-electron chi connectivity index (χ3n) is 5.58. The second kappa shape index (κ2) is 10.6. The number of nitrogens with zero attached hydrogens (tertiary/aromatic N) is 4. The second-order valence-electron chi connectivity index (χ2n) is 8.16. The van der Waals surface area contributed by atoms with Crippen LogP contribution in [0.4, 0.5) is 8.78 Å². The summed E-state index contributed by atoms with van der Waals surface area (Å²) in [5, 5.41) is 7.04. The van der Waals surface area contributed by atoms with Gasteiger partial charge in [-0.15, -0.1) is 0 Å². The van der Waals surface area contributed by atoms with Gasteiger partial charge in [-0.05, 0) is 24.6 Å². The van der Waals surface area contributed by atoms with Crippen LogP contribution >= 0.6 is 0 Å². The van der Waals surface area contributed by atoms with Gasteiger partial charge in [-0.3, -0.25) is 19.3 Å². The first-order valence-electron chi connectivity index (χ1n) is 10.9. The van der Waals surface area contributed by atoms with Crippen molar-refractivity contribution in [3.8, 4) is 5.82 Å². The fourth-order valence-electron chi connectivity index (χ4n) is 3.67. The van der Waals surface area contributed by atoms with Crippen molar-refractivity contribution in [1.82, 2.24) is 25.0 Å². The first-order valence-corrected chi connectivity index (χ1v) is 10.9. The first kappa shape index (κ1) is 24.4. The minimum atomic E-state index is -2.61. The van der Waals surface area contributed by atoms with Crippen molar-refractivity contribution < 1.29 is 23.2 Å². The maximum atomic E-state index is 13.4. The van der Waals surface area contributed by atoms with E-state index in [9.17, 15) is 23.2 Å². The van der Waals surface area contributed by atoms with Crippen molar-refractivity contribution in [2.75, 3.05) is 13.1 Å². The highest BCUT2D eigenvalue weighted by Gasteiger charge is 2.34. The molecule has 0 spiro atoms. The van der Waals surface area contributed by atoms with Crippen LogP contribution in [0.1, 0.15) is 55.1 Å². The van der Waals surface area contributed by atoms with E-state index in [1.165, 1.54) is 16.9 Å². The SMILES string of the molecule is CCCCC(NC(=O)c1cccnc1-n1ccc(CN2CCC(F)(F)CC2)n1)C(=O)C(N)=O. The van der Waals surface area contributed by atoms with E-state index >= 15 is 0 Å². The summed E-state index contributed by atoms with van der Waals surface area (Å²) in [5.74, 6) is -4.90. The second-order valence-corrected chi connectivity index (χ2v) is 8.16. The van der Waals surface area contributed by atoms with Crippen LogP contribution in [-0.2, 0) is 16.1 Å². The van der Waals surface area contributed by atoms with E-state index in [0.29, 0.717) is 25.1 Å². The van der Waals surface area contributed by atoms with E-state index in [1.807, 2.05) is 11.8 Å². The molecule has 33 heavy (non-hydrogen) atoms. The van der Waals surface area contributed by atoms with Gasteiger partial charge in [-0.1, -0.05) is 19.8 Å². The highest BCUT2D eigenvalue weighted by Crippen LogP contribution is 2.28. The van der Waals surface area contributed by atoms with Gasteiger partial charge in [0.1, 0.15) is 0 Å². The summed E-state index contributed by atoms with van der Waals surface area (Å²) in [5.41, 5.74) is 5.95. The third-order valence-corrected chi connectivity index (χ3v) is 5.58. The van der Waals surface area contributed by atoms with Gasteiger partial charge in [0.2, 0.25) is 5.78 Å². The average Bonchev–Trinajstić information content (AvgIpc) is 3.25. The number of halogens is 2. The number of hydrogen-bond donors (Lipinski definition) is 2. The van der Waals surface area contributed by atoms with Crippen LogP contribution in [0.5, 0.6) is 0 Å². The van der Waals surface area contributed by atoms with Crippen molar-refractivity contribution in [3.63, 3.8) is 0 Å². The predicted molar refractivity (Wildman–Crippen MR) is 116 cm³/mol. The molecule has 3 rings (SSSR count). The van der Waals surface area contributed by atoms with Crippen molar-refractivity contribution >= 4 is 17.6 Å². The first-order chi connectivity index (χ1) is 15.7. The Morgan fingerprint density at radius 3 is 2.64 bits per heavy atom. The third kappa shape index (κ3) is 6.41. The Morgan fingerprint density at radius 1 is 1.24 bits per heavy atom. The number of nitrogens with two attached hydrogens (primary N) is 1. The van der Waals surface area contributed by atoms with Crippen molar-refractivity contribution in [2.45, 2.75) is 57.5 Å². The fourth-order valence-corrected chi connectivity index (χ4v) is 3.67. The lowest BCUT2D eigenvalue weighted by atomic mass is 10.0. The predicted octanol–water partition coefficient (Wildman–Crippen LogP) is 1.84. The molecule has 9 nitrogen and oxygen atoms in total. The van der Waals surface area contributed by atoms with Crippen molar-refractivity contribution in [2.24, 2.45) is 5.73 Å². The molecular formula is C22H28F2N6O3. The number of pyridine rings is 1. The summed E-state index contributed by atoms with van der Waals surface area (Å²) in [6.07, 6.45) is 4.49. The minimum absolute atomic E-state index is 0.170. The fraction of sp³-hybridized carbons (Fsp3) is 0.500. The number of hydrogen-bond acceptors (Lipinski definition) is 6. The number of amides is 2. The molecule has 1 fully saturated rings. The molecule has 0 bridgehead atoms. The zero-order chi connectivity index (χ0) is 24.0. The summed E-state index contributed by atoms with van der Waals surface area (Å²) in [7, 11) is 0. The number of unbranched alkanes of at least 4 members (excludes halogenated alkanes) is 1. The molecule has 1 atom stereocenters. The summed E-state index contributed by atoms with van der Waals surface area (Å²) in [6.45, 7) is 2.90. The molecule has 178 valence electrons. The van der Waals surface area contributed by atoms with Crippen LogP contribution in [0.2, 0.25) is 0 Å². The van der Waals surface area contributed by atoms with Gasteiger partial charge in [0, 0.05) is 44.9 Å². The average molecular weight is 463 g/mol. The molecule has 2 aromatic heterocycles. The molecule has 3 N–H and O–H groups in total. The van der Waals surface area contributed by atoms with Crippen LogP contribution in [-0.4, -0.2) is 62.3 Å². The van der Waals surface area contributed by atoms with Gasteiger partial charge in [-0.25, -0.2) is 18.4 Å². The number of primary amides is 1. The largest absolute Gasteiger partial charge is 0.363 e. The van der Waals surface area contributed by atoms with Crippen molar-refractivity contribution in [3.05, 3.63) is 41.9 Å². The Labute approximate surface area is 190 Å². The monoisotopic (exact) mass is 462 g/mol. The summed E-state index contributed by atoms with van der Waals surface area (Å²) in [6, 6.07) is 3.84. The standard InChI is InChI=1S/C22H28F2N6O3/c1-2-3-6-17(18(31)19(25)32)27-21(33)16-5-4-10-26-20(16)30-11-7-15(28-30)14-29-12-8-22(23,24)9-13-29/h4-5,7,10-11,17H,2-3,6,8-9,12-14H2,1H3,(H2,25,32)(H,27,33). The quantitative estimate of drug-likeness (QED) is 0.520. The number of carbonyl (C=O) groups excluding carboxylic acids is 3. The van der Waals surface area contributed by atoms with Gasteiger partial charge >= 0.3 is 0 Å². The van der Waals surface area contributed by atoms with Crippen LogP contribution in [0, 0.1) is 0 Å². The number of piperidine rings is 1. The van der Waals surface area contributed by atoms with Gasteiger partial charge in [0.25, 0.3) is 17.7 Å². The molecule has 3 heterocycles. The lowest BCUT2D eigenvalue weighted by molar-refractivity contribution is -0.137. The number of rotatable bonds is 10. The van der Waals surface area contributed by atoms with Crippen LogP contribution in [0.25, 0.3) is 5.82 Å². The highest BCUT2D eigenvalue weighted by molar-refractivity contribution is 6.38. The highest BCUT2D eigenvalue weighted by atomic mass is 19.3. The van der Waals surface area contributed by atoms with E-state index in [0.717, 1.165) is 6.42 Å². The number of nitrogens with one attached hydrogen (secondary N) is 1. The van der Waals surface area contributed by atoms with E-state index in [1.54, 1.807) is 18.3 Å². The molecule has 11 heteroatoms. The number of alkyl halides is 2. The Balaban J connectivity index is 1.74. The van der Waals surface area contributed by atoms with Gasteiger partial charge in [0.05, 0.1) is 17.3 Å². The topological polar surface area (TPSA) is 123 Å². The number of ketones is 1. The van der Waals surface area contributed by atoms with Gasteiger partial charge in [-0.2, -0.15) is 5.10 Å². The van der Waals surface area contributed by atoms with E-state index in [4.69, 9.17) is 5.73 Å². The van der Waals surface area contributed by atoms with Gasteiger partial charge in [0.15, 0.2) is 5.82 Å². The molecule has 1 unspecified atom stereocenters. The zero-order valence-electron chi connectivity index (χ0n) is 18.5. The normalized spacial score (nSPS) is 16.8. The van der Waals surface area contributed by atoms with Crippen LogP contribution in [0.3, 0.4) is 0 Å². The Morgan fingerprint density at radius 2 is 1.97 bits per heavy atom. The Bertz CT molecular complexity index is 1000. The van der Waals surface area contributed by atoms with E-state index in [-0.39, 0.29) is 37.3 Å². The maximum Gasteiger partial charge on any atom is 0.287 e. The number of Topliss-reactive ketones (excluding diaryl/α,β-unsaturated/α-hetero) is 1. The van der Waals surface area contributed by atoms with Crippen LogP contribution in [0.15, 0.2) is 30.6 Å². The van der Waals surface area contributed by atoms with E-state index < -0.39 is 29.6 Å². The molecule has 1 aliphatic heterocycles. The maximum absolute atomic E-state index is 13.4. The van der Waals surface area contributed by atoms with Crippen molar-refractivity contribution in [1.29, 1.82) is 0 Å². The summed E-state index contributed by atoms with van der Waals surface area (Å²) < 4.78 is 28.2. The number of carbonyl (C=O) groups is 3. The molecule has 0 saturated carbocycles. The Kier molecular flexibility index (Phi) is 7.85. The minimum Gasteiger partial charge on any atom is -0.363 e. The van der Waals surface area contributed by atoms with Gasteiger partial charge < -0.3 is 11.1 Å². The molecule has 0 radical (unpaired) electrons. The smallest absolute Gasteiger partial charge is 0.287 e. The zero-order valence-corrected chi connectivity index (χ0v) is 18.5. The molecule has 1 aliphatic rings. The summed E-state index contributed by atoms with van der Waals surface area (Å²) >= 11 is 0. The van der Waals surface area contributed by atoms with E-state index in [2.05, 4.69) is 15.4 Å². The molecule has 2 amide bonds. The molecule has 0 aliphatic carbocycles. The lowest BCUT2D eigenvalue weighted by Crippen LogP contribution is -2.46. The number of aromatic nitrogens is 3. The molecule has 0 aromatic carbocycles. The summed E-state index contributed by atoms with van der Waals surface area (Å²) in [4.78, 5) is 42.6. The molecule has 2 aromatic rings. The lowest BCUT2D eigenvalue weighted by Gasteiger charge is -2.31.